The number of aliphatic imine (C=N–C) groups is 1. The summed E-state index contributed by atoms with van der Waals surface area (Å²) in [5.41, 5.74) is 2.41. The third kappa shape index (κ3) is 1.39. The van der Waals surface area contributed by atoms with Gasteiger partial charge in [0, 0.05) is 22.7 Å². The van der Waals surface area contributed by atoms with Crippen molar-refractivity contribution >= 4 is 22.9 Å². The van der Waals surface area contributed by atoms with Gasteiger partial charge < -0.3 is 10.2 Å². The molecule has 90 valence electrons. The summed E-state index contributed by atoms with van der Waals surface area (Å²) in [5.74, 6) is 1.14. The highest BCUT2D eigenvalue weighted by Gasteiger charge is 2.33. The van der Waals surface area contributed by atoms with E-state index in [0.717, 1.165) is 18.9 Å². The Balaban J connectivity index is 1.84. The first-order chi connectivity index (χ1) is 8.93. The molecule has 0 amide bonds. The van der Waals surface area contributed by atoms with Gasteiger partial charge in [0.25, 0.3) is 0 Å². The molecule has 3 heterocycles. The van der Waals surface area contributed by atoms with Crippen LogP contribution in [-0.2, 0) is 0 Å². The molecule has 2 aliphatic heterocycles. The fourth-order valence-corrected chi connectivity index (χ4v) is 3.44. The standard InChI is InChI=1S/C14H13N3S/c1-2-5-11-10(4-1)13-15-7-8-17(13)14(16-11)12-6-3-9-18-12/h1-6,9,14,16H,7-8H2. The summed E-state index contributed by atoms with van der Waals surface area (Å²) < 4.78 is 0. The molecule has 1 unspecified atom stereocenters. The minimum absolute atomic E-state index is 0.237. The topological polar surface area (TPSA) is 27.6 Å². The summed E-state index contributed by atoms with van der Waals surface area (Å²) >= 11 is 1.79. The second-order valence-electron chi connectivity index (χ2n) is 4.51. The van der Waals surface area contributed by atoms with Crippen LogP contribution in [0.1, 0.15) is 16.6 Å². The van der Waals surface area contributed by atoms with Crippen molar-refractivity contribution < 1.29 is 0 Å². The maximum absolute atomic E-state index is 4.67. The molecule has 18 heavy (non-hydrogen) atoms. The average molecular weight is 255 g/mol. The minimum atomic E-state index is 0.237. The van der Waals surface area contributed by atoms with Crippen LogP contribution >= 0.6 is 11.3 Å². The number of nitrogens with one attached hydrogen (secondary N) is 1. The van der Waals surface area contributed by atoms with Gasteiger partial charge in [-0.1, -0.05) is 18.2 Å². The van der Waals surface area contributed by atoms with E-state index in [-0.39, 0.29) is 6.17 Å². The molecule has 0 aliphatic carbocycles. The van der Waals surface area contributed by atoms with Crippen LogP contribution in [0.4, 0.5) is 5.69 Å². The van der Waals surface area contributed by atoms with E-state index in [9.17, 15) is 0 Å². The van der Waals surface area contributed by atoms with Crippen molar-refractivity contribution in [1.29, 1.82) is 0 Å². The lowest BCUT2D eigenvalue weighted by molar-refractivity contribution is 0.375. The van der Waals surface area contributed by atoms with Crippen LogP contribution in [0.3, 0.4) is 0 Å². The highest BCUT2D eigenvalue weighted by Crippen LogP contribution is 2.36. The fraction of sp³-hybridized carbons (Fsp3) is 0.214. The first-order valence-electron chi connectivity index (χ1n) is 6.14. The maximum Gasteiger partial charge on any atom is 0.136 e. The molecule has 2 aliphatic rings. The molecular formula is C14H13N3S. The first-order valence-corrected chi connectivity index (χ1v) is 7.02. The van der Waals surface area contributed by atoms with Crippen LogP contribution in [0.2, 0.25) is 0 Å². The number of hydrogen-bond donors (Lipinski definition) is 1. The Morgan fingerprint density at radius 1 is 1.22 bits per heavy atom. The lowest BCUT2D eigenvalue weighted by atomic mass is 10.1. The first kappa shape index (κ1) is 10.1. The number of fused-ring (bicyclic) bond motifs is 3. The van der Waals surface area contributed by atoms with Gasteiger partial charge in [-0.3, -0.25) is 4.99 Å². The zero-order chi connectivity index (χ0) is 11.9. The molecule has 0 fully saturated rings. The Hall–Kier alpha value is -1.81. The summed E-state index contributed by atoms with van der Waals surface area (Å²) in [5, 5.41) is 5.76. The summed E-state index contributed by atoms with van der Waals surface area (Å²) in [4.78, 5) is 8.38. The Kier molecular flexibility index (Phi) is 2.17. The molecule has 1 aromatic carbocycles. The molecular weight excluding hydrogens is 242 g/mol. The number of hydrogen-bond acceptors (Lipinski definition) is 4. The van der Waals surface area contributed by atoms with Crippen molar-refractivity contribution in [3.8, 4) is 0 Å². The number of anilines is 1. The van der Waals surface area contributed by atoms with Gasteiger partial charge in [0.05, 0.1) is 6.54 Å². The molecule has 4 heteroatoms. The Morgan fingerprint density at radius 3 is 3.06 bits per heavy atom. The van der Waals surface area contributed by atoms with E-state index in [1.807, 2.05) is 0 Å². The van der Waals surface area contributed by atoms with Gasteiger partial charge in [-0.2, -0.15) is 0 Å². The predicted molar refractivity (Wildman–Crippen MR) is 75.2 cm³/mol. The molecule has 1 N–H and O–H groups in total. The number of thiophene rings is 1. The lowest BCUT2D eigenvalue weighted by Gasteiger charge is -2.36. The molecule has 3 nitrogen and oxygen atoms in total. The Bertz CT molecular complexity index is 603. The van der Waals surface area contributed by atoms with Crippen molar-refractivity contribution in [3.05, 3.63) is 52.2 Å². The van der Waals surface area contributed by atoms with E-state index in [4.69, 9.17) is 0 Å². The number of nitrogens with zero attached hydrogens (tertiary/aromatic N) is 2. The van der Waals surface area contributed by atoms with Gasteiger partial charge in [-0.15, -0.1) is 11.3 Å². The molecule has 1 aromatic heterocycles. The van der Waals surface area contributed by atoms with Crippen LogP contribution in [0, 0.1) is 0 Å². The highest BCUT2D eigenvalue weighted by molar-refractivity contribution is 7.10. The van der Waals surface area contributed by atoms with Crippen LogP contribution < -0.4 is 5.32 Å². The van der Waals surface area contributed by atoms with Gasteiger partial charge in [0.15, 0.2) is 0 Å². The second-order valence-corrected chi connectivity index (χ2v) is 5.49. The molecule has 4 rings (SSSR count). The molecule has 0 saturated heterocycles. The van der Waals surface area contributed by atoms with Gasteiger partial charge in [-0.25, -0.2) is 0 Å². The zero-order valence-corrected chi connectivity index (χ0v) is 10.7. The second kappa shape index (κ2) is 3.85. The van der Waals surface area contributed by atoms with Crippen molar-refractivity contribution in [2.24, 2.45) is 4.99 Å². The highest BCUT2D eigenvalue weighted by atomic mass is 32.1. The number of para-hydroxylation sites is 1. The average Bonchev–Trinajstić information content (AvgIpc) is 3.09. The SMILES string of the molecule is c1csc(C2Nc3ccccc3C3=NCCN32)c1. The summed E-state index contributed by atoms with van der Waals surface area (Å²) in [6.45, 7) is 1.90. The monoisotopic (exact) mass is 255 g/mol. The third-order valence-corrected chi connectivity index (χ3v) is 4.38. The zero-order valence-electron chi connectivity index (χ0n) is 9.84. The van der Waals surface area contributed by atoms with E-state index in [1.54, 1.807) is 11.3 Å². The predicted octanol–water partition coefficient (Wildman–Crippen LogP) is 2.93. The summed E-state index contributed by atoms with van der Waals surface area (Å²) in [6, 6.07) is 12.7. The summed E-state index contributed by atoms with van der Waals surface area (Å²) in [7, 11) is 0. The minimum Gasteiger partial charge on any atom is -0.360 e. The molecule has 0 spiro atoms. The fourth-order valence-electron chi connectivity index (χ4n) is 2.65. The largest absolute Gasteiger partial charge is 0.360 e. The van der Waals surface area contributed by atoms with Crippen molar-refractivity contribution in [3.63, 3.8) is 0 Å². The van der Waals surface area contributed by atoms with E-state index in [2.05, 4.69) is 57.0 Å². The smallest absolute Gasteiger partial charge is 0.136 e. The maximum atomic E-state index is 4.67. The van der Waals surface area contributed by atoms with E-state index >= 15 is 0 Å². The number of rotatable bonds is 1. The van der Waals surface area contributed by atoms with E-state index in [1.165, 1.54) is 16.1 Å². The van der Waals surface area contributed by atoms with Crippen molar-refractivity contribution in [2.75, 3.05) is 18.4 Å². The van der Waals surface area contributed by atoms with Gasteiger partial charge >= 0.3 is 0 Å². The molecule has 0 saturated carbocycles. The van der Waals surface area contributed by atoms with Crippen molar-refractivity contribution in [1.82, 2.24) is 4.90 Å². The van der Waals surface area contributed by atoms with Crippen LogP contribution in [0.5, 0.6) is 0 Å². The number of benzene rings is 1. The molecule has 1 atom stereocenters. The molecule has 0 radical (unpaired) electrons. The Morgan fingerprint density at radius 2 is 2.17 bits per heavy atom. The van der Waals surface area contributed by atoms with E-state index < -0.39 is 0 Å². The van der Waals surface area contributed by atoms with Crippen LogP contribution in [0.15, 0.2) is 46.8 Å². The van der Waals surface area contributed by atoms with Crippen LogP contribution in [0.25, 0.3) is 0 Å². The van der Waals surface area contributed by atoms with E-state index in [0.29, 0.717) is 0 Å². The van der Waals surface area contributed by atoms with Gasteiger partial charge in [0.1, 0.15) is 12.0 Å². The third-order valence-electron chi connectivity index (χ3n) is 3.46. The molecule has 2 aromatic rings. The summed E-state index contributed by atoms with van der Waals surface area (Å²) in [6.07, 6.45) is 0.237. The van der Waals surface area contributed by atoms with Crippen LogP contribution in [-0.4, -0.2) is 23.8 Å². The van der Waals surface area contributed by atoms with Gasteiger partial charge in [0.2, 0.25) is 0 Å². The quantitative estimate of drug-likeness (QED) is 0.848. The van der Waals surface area contributed by atoms with Crippen molar-refractivity contribution in [2.45, 2.75) is 6.17 Å². The normalized spacial score (nSPS) is 21.0. The Labute approximate surface area is 110 Å². The molecule has 0 bridgehead atoms. The lowest BCUT2D eigenvalue weighted by Crippen LogP contribution is -2.40. The number of amidine groups is 1. The van der Waals surface area contributed by atoms with Gasteiger partial charge in [-0.05, 0) is 23.6 Å².